The maximum atomic E-state index is 13.0. The summed E-state index contributed by atoms with van der Waals surface area (Å²) in [6.45, 7) is 4.67. The quantitative estimate of drug-likeness (QED) is 0.707. The van der Waals surface area contributed by atoms with Gasteiger partial charge in [-0.15, -0.1) is 11.3 Å². The number of carbonyl (C=O) groups excluding carboxylic acids is 1. The molecular formula is C18H20N6OS. The van der Waals surface area contributed by atoms with E-state index in [4.69, 9.17) is 4.98 Å². The number of carbonyl (C=O) groups is 1. The number of aryl methyl sites for hydroxylation is 2. The van der Waals surface area contributed by atoms with Gasteiger partial charge in [-0.05, 0) is 19.8 Å². The summed E-state index contributed by atoms with van der Waals surface area (Å²) in [5.41, 5.74) is 3.34. The highest BCUT2D eigenvalue weighted by Gasteiger charge is 2.33. The Kier molecular flexibility index (Phi) is 4.50. The third-order valence-electron chi connectivity index (χ3n) is 4.72. The molecule has 4 rings (SSSR count). The Morgan fingerprint density at radius 2 is 2.23 bits per heavy atom. The molecule has 0 aliphatic carbocycles. The average Bonchev–Trinajstić information content (AvgIpc) is 3.41. The second-order valence-corrected chi connectivity index (χ2v) is 7.15. The minimum atomic E-state index is -0.0509. The highest BCUT2D eigenvalue weighted by molar-refractivity contribution is 7.11. The van der Waals surface area contributed by atoms with Crippen LogP contribution in [0.5, 0.6) is 0 Å². The summed E-state index contributed by atoms with van der Waals surface area (Å²) in [5, 5.41) is 0. The molecule has 1 fully saturated rings. The molecule has 0 spiro atoms. The van der Waals surface area contributed by atoms with E-state index in [0.29, 0.717) is 4.88 Å². The van der Waals surface area contributed by atoms with Gasteiger partial charge in [0.1, 0.15) is 10.7 Å². The van der Waals surface area contributed by atoms with Gasteiger partial charge in [-0.3, -0.25) is 14.3 Å². The van der Waals surface area contributed by atoms with Crippen molar-refractivity contribution in [3.8, 4) is 5.82 Å². The van der Waals surface area contributed by atoms with Crippen LogP contribution in [0.2, 0.25) is 0 Å². The third-order valence-corrected chi connectivity index (χ3v) is 5.63. The van der Waals surface area contributed by atoms with E-state index < -0.39 is 0 Å². The van der Waals surface area contributed by atoms with E-state index in [1.165, 1.54) is 11.3 Å². The third kappa shape index (κ3) is 2.90. The molecule has 7 nitrogen and oxygen atoms in total. The van der Waals surface area contributed by atoms with E-state index in [1.54, 1.807) is 24.1 Å². The molecule has 0 saturated carbocycles. The normalized spacial score (nSPS) is 17.0. The van der Waals surface area contributed by atoms with Crippen molar-refractivity contribution in [1.82, 2.24) is 29.4 Å². The lowest BCUT2D eigenvalue weighted by Gasteiger charge is -2.24. The van der Waals surface area contributed by atoms with Crippen molar-refractivity contribution in [1.29, 1.82) is 0 Å². The lowest BCUT2D eigenvalue weighted by molar-refractivity contribution is 0.0736. The number of rotatable bonds is 4. The first-order valence-corrected chi connectivity index (χ1v) is 9.62. The second-order valence-electron chi connectivity index (χ2n) is 6.29. The zero-order valence-corrected chi connectivity index (χ0v) is 15.6. The molecule has 0 aromatic carbocycles. The van der Waals surface area contributed by atoms with Gasteiger partial charge in [0.2, 0.25) is 0 Å². The molecule has 3 aromatic rings. The summed E-state index contributed by atoms with van der Waals surface area (Å²) in [7, 11) is 0. The molecule has 8 heteroatoms. The molecular weight excluding hydrogens is 348 g/mol. The molecule has 3 aromatic heterocycles. The van der Waals surface area contributed by atoms with Gasteiger partial charge in [0.25, 0.3) is 5.91 Å². The number of likely N-dealkylation sites (tertiary alicyclic amines) is 1. The maximum absolute atomic E-state index is 13.0. The number of aromatic nitrogens is 5. The highest BCUT2D eigenvalue weighted by Crippen LogP contribution is 2.33. The molecule has 1 atom stereocenters. The van der Waals surface area contributed by atoms with Gasteiger partial charge in [0, 0.05) is 25.4 Å². The Morgan fingerprint density at radius 1 is 1.35 bits per heavy atom. The molecule has 0 bridgehead atoms. The number of thiazole rings is 1. The Morgan fingerprint density at radius 3 is 3.00 bits per heavy atom. The van der Waals surface area contributed by atoms with Gasteiger partial charge in [-0.25, -0.2) is 15.0 Å². The lowest BCUT2D eigenvalue weighted by atomic mass is 10.1. The van der Waals surface area contributed by atoms with Crippen LogP contribution in [0.25, 0.3) is 5.82 Å². The lowest BCUT2D eigenvalue weighted by Crippen LogP contribution is -2.31. The highest BCUT2D eigenvalue weighted by atomic mass is 32.1. The number of hydrogen-bond acceptors (Lipinski definition) is 6. The van der Waals surface area contributed by atoms with Crippen molar-refractivity contribution in [2.75, 3.05) is 6.54 Å². The summed E-state index contributed by atoms with van der Waals surface area (Å²) in [6, 6.07) is -0.0509. The molecule has 0 N–H and O–H groups in total. The van der Waals surface area contributed by atoms with Crippen LogP contribution < -0.4 is 0 Å². The fourth-order valence-electron chi connectivity index (χ4n) is 3.41. The van der Waals surface area contributed by atoms with Crippen LogP contribution >= 0.6 is 11.3 Å². The average molecular weight is 368 g/mol. The van der Waals surface area contributed by atoms with Crippen LogP contribution in [-0.4, -0.2) is 41.9 Å². The second kappa shape index (κ2) is 6.95. The Hall–Kier alpha value is -2.61. The van der Waals surface area contributed by atoms with Crippen LogP contribution in [0.3, 0.4) is 0 Å². The maximum Gasteiger partial charge on any atom is 0.266 e. The molecule has 26 heavy (non-hydrogen) atoms. The summed E-state index contributed by atoms with van der Waals surface area (Å²) >= 11 is 1.40. The SMILES string of the molecule is CCc1nccn1-c1cncc([C@@H]2CCCN2C(=O)c2scnc2C)n1. The fourth-order valence-corrected chi connectivity index (χ4v) is 4.16. The van der Waals surface area contributed by atoms with E-state index in [0.717, 1.165) is 48.8 Å². The van der Waals surface area contributed by atoms with Crippen molar-refractivity contribution in [2.45, 2.75) is 39.2 Å². The Bertz CT molecular complexity index is 933. The zero-order chi connectivity index (χ0) is 18.1. The minimum absolute atomic E-state index is 0.0385. The van der Waals surface area contributed by atoms with Crippen molar-refractivity contribution in [2.24, 2.45) is 0 Å². The van der Waals surface area contributed by atoms with E-state index in [2.05, 4.69) is 21.9 Å². The number of nitrogens with zero attached hydrogens (tertiary/aromatic N) is 6. The van der Waals surface area contributed by atoms with Crippen LogP contribution in [0.1, 0.15) is 52.7 Å². The van der Waals surface area contributed by atoms with E-state index in [9.17, 15) is 4.79 Å². The number of imidazole rings is 1. The molecule has 1 saturated heterocycles. The molecule has 1 amide bonds. The molecule has 134 valence electrons. The minimum Gasteiger partial charge on any atom is -0.329 e. The van der Waals surface area contributed by atoms with Gasteiger partial charge in [-0.1, -0.05) is 6.92 Å². The fraction of sp³-hybridized carbons (Fsp3) is 0.389. The summed E-state index contributed by atoms with van der Waals surface area (Å²) in [5.74, 6) is 1.72. The van der Waals surface area contributed by atoms with Crippen molar-refractivity contribution >= 4 is 17.2 Å². The largest absolute Gasteiger partial charge is 0.329 e. The van der Waals surface area contributed by atoms with Crippen LogP contribution in [0.15, 0.2) is 30.3 Å². The number of hydrogen-bond donors (Lipinski definition) is 0. The first kappa shape index (κ1) is 16.8. The van der Waals surface area contributed by atoms with Gasteiger partial charge in [0.15, 0.2) is 5.82 Å². The molecule has 1 aliphatic heterocycles. The van der Waals surface area contributed by atoms with Gasteiger partial charge in [-0.2, -0.15) is 0 Å². The molecule has 0 unspecified atom stereocenters. The Balaban J connectivity index is 1.65. The smallest absolute Gasteiger partial charge is 0.266 e. The number of amides is 1. The van der Waals surface area contributed by atoms with E-state index >= 15 is 0 Å². The molecule has 1 aliphatic rings. The molecule has 0 radical (unpaired) electrons. The van der Waals surface area contributed by atoms with Crippen molar-refractivity contribution in [3.05, 3.63) is 52.4 Å². The summed E-state index contributed by atoms with van der Waals surface area (Å²) in [6.07, 6.45) is 9.84. The first-order chi connectivity index (χ1) is 12.7. The van der Waals surface area contributed by atoms with Gasteiger partial charge < -0.3 is 4.90 Å². The Labute approximate surface area is 155 Å². The topological polar surface area (TPSA) is 76.8 Å². The summed E-state index contributed by atoms with van der Waals surface area (Å²) in [4.78, 5) is 33.3. The van der Waals surface area contributed by atoms with Crippen molar-refractivity contribution in [3.63, 3.8) is 0 Å². The molecule has 4 heterocycles. The predicted octanol–water partition coefficient (Wildman–Crippen LogP) is 2.97. The van der Waals surface area contributed by atoms with E-state index in [-0.39, 0.29) is 11.9 Å². The van der Waals surface area contributed by atoms with Crippen molar-refractivity contribution < 1.29 is 4.79 Å². The van der Waals surface area contributed by atoms with Crippen LogP contribution in [0.4, 0.5) is 0 Å². The predicted molar refractivity (Wildman–Crippen MR) is 98.4 cm³/mol. The van der Waals surface area contributed by atoms with Crippen LogP contribution in [0, 0.1) is 6.92 Å². The standard InChI is InChI=1S/C18H20N6OS/c1-3-15-20-6-8-24(15)16-10-19-9-13(22-16)14-5-4-7-23(14)18(25)17-12(2)21-11-26-17/h6,8-11,14H,3-5,7H2,1-2H3/t14-/m0/s1. The van der Waals surface area contributed by atoms with Gasteiger partial charge in [0.05, 0.1) is 35.3 Å². The zero-order valence-electron chi connectivity index (χ0n) is 14.8. The van der Waals surface area contributed by atoms with Gasteiger partial charge >= 0.3 is 0 Å². The van der Waals surface area contributed by atoms with Crippen LogP contribution in [-0.2, 0) is 6.42 Å². The monoisotopic (exact) mass is 368 g/mol. The first-order valence-electron chi connectivity index (χ1n) is 8.74. The summed E-state index contributed by atoms with van der Waals surface area (Å²) < 4.78 is 1.95. The van der Waals surface area contributed by atoms with E-state index in [1.807, 2.05) is 22.6 Å².